The Morgan fingerprint density at radius 3 is 1.77 bits per heavy atom. The topological polar surface area (TPSA) is 34.1 Å². The van der Waals surface area contributed by atoms with Crippen LogP contribution in [0.1, 0.15) is 13.8 Å². The van der Waals surface area contributed by atoms with Crippen LogP contribution in [0.5, 0.6) is 0 Å². The molecule has 9 atom stereocenters. The number of rotatable bonds is 4. The SMILES string of the molecule is CC(=O)[C]12[CH]3[CH]4[CH]5[CH]1[Fe]45321678[CH]2[CH]1[C]6(C(C)=O)[CH]7[C]28C[Si](C)(C)C. The quantitative estimate of drug-likeness (QED) is 0.664. The molecule has 10 aliphatic rings. The minimum atomic E-state index is -3.94. The maximum absolute atomic E-state index is 13.0. The second-order valence-corrected chi connectivity index (χ2v) is 42.3. The molecule has 10 rings (SSSR count). The fourth-order valence-corrected chi connectivity index (χ4v) is 107. The van der Waals surface area contributed by atoms with E-state index in [9.17, 15) is 9.59 Å². The normalized spacial score (nSPS) is 102. The monoisotopic (exact) mass is 356 g/mol. The molecule has 0 N–H and O–H groups in total. The minimum absolute atomic E-state index is 0.231. The molecule has 0 radical (unpaired) electrons. The average molecular weight is 356 g/mol. The molecular formula is C18H24FeO2Si. The van der Waals surface area contributed by atoms with Gasteiger partial charge in [-0.15, -0.1) is 0 Å². The maximum atomic E-state index is 13.0. The summed E-state index contributed by atoms with van der Waals surface area (Å²) in [6.07, 6.45) is 0. The Morgan fingerprint density at radius 1 is 0.909 bits per heavy atom. The first kappa shape index (κ1) is 10.2. The third kappa shape index (κ3) is 0.111. The van der Waals surface area contributed by atoms with Gasteiger partial charge in [0.1, 0.15) is 0 Å². The first-order chi connectivity index (χ1) is 9.91. The van der Waals surface area contributed by atoms with Gasteiger partial charge in [-0.05, 0) is 0 Å². The van der Waals surface area contributed by atoms with Gasteiger partial charge in [0.2, 0.25) is 0 Å². The molecule has 120 valence electrons. The number of hydrogen-bond donors (Lipinski definition) is 0. The second kappa shape index (κ2) is 0.901. The van der Waals surface area contributed by atoms with E-state index in [4.69, 9.17) is 0 Å². The summed E-state index contributed by atoms with van der Waals surface area (Å²) < 4.78 is 1.15. The summed E-state index contributed by atoms with van der Waals surface area (Å²) in [6, 6.07) is 1.50. The van der Waals surface area contributed by atoms with Crippen LogP contribution < -0.4 is 0 Å². The average Bonchev–Trinajstić information content (AvgIpc) is 3.30. The third-order valence-electron chi connectivity index (χ3n) is 17.1. The van der Waals surface area contributed by atoms with Crippen LogP contribution in [0.2, 0.25) is 72.3 Å². The van der Waals surface area contributed by atoms with Gasteiger partial charge in [0.25, 0.3) is 0 Å². The van der Waals surface area contributed by atoms with E-state index in [1.165, 1.54) is 6.04 Å². The molecule has 10 heterocycles. The van der Waals surface area contributed by atoms with Gasteiger partial charge in [-0.3, -0.25) is 0 Å². The molecule has 22 heavy (non-hydrogen) atoms. The van der Waals surface area contributed by atoms with Crippen LogP contribution in [-0.2, 0) is 16.1 Å². The van der Waals surface area contributed by atoms with Gasteiger partial charge in [-0.2, -0.15) is 0 Å². The Balaban J connectivity index is 1.52. The summed E-state index contributed by atoms with van der Waals surface area (Å²) in [5.74, 6) is 1.18. The van der Waals surface area contributed by atoms with Crippen LogP contribution in [-0.4, -0.2) is 19.6 Å². The van der Waals surface area contributed by atoms with E-state index in [0.29, 0.717) is 15.9 Å². The molecule has 0 aromatic carbocycles. The second-order valence-electron chi connectivity index (χ2n) is 13.9. The molecule has 0 aromatic heterocycles. The molecular weight excluding hydrogens is 332 g/mol. The predicted octanol–water partition coefficient (Wildman–Crippen LogP) is 5.00. The first-order valence-electron chi connectivity index (χ1n) is 9.14. The van der Waals surface area contributed by atoms with E-state index in [0.717, 1.165) is 33.7 Å². The van der Waals surface area contributed by atoms with Crippen LogP contribution in [0.4, 0.5) is 0 Å². The van der Waals surface area contributed by atoms with Crippen LogP contribution in [0.25, 0.3) is 0 Å². The Bertz CT molecular complexity index is 1270. The van der Waals surface area contributed by atoms with E-state index < -0.39 is 14.6 Å². The van der Waals surface area contributed by atoms with Crippen molar-refractivity contribution >= 4 is 19.6 Å². The molecule has 1 spiro atoms. The number of fused-ring (bicyclic) bond motifs is 10. The Hall–Kier alpha value is 0.0764. The summed E-state index contributed by atoms with van der Waals surface area (Å²) in [5.41, 5.74) is 0. The van der Waals surface area contributed by atoms with Crippen molar-refractivity contribution in [1.29, 1.82) is 0 Å². The number of hydrogen-bond acceptors (Lipinski definition) is 2. The Labute approximate surface area is 122 Å². The van der Waals surface area contributed by atoms with Gasteiger partial charge < -0.3 is 0 Å². The molecule has 0 aromatic rings. The summed E-state index contributed by atoms with van der Waals surface area (Å²) >= 11 is 0. The van der Waals surface area contributed by atoms with Gasteiger partial charge in [0.05, 0.1) is 0 Å². The van der Waals surface area contributed by atoms with Crippen molar-refractivity contribution in [2.75, 3.05) is 0 Å². The van der Waals surface area contributed by atoms with Crippen molar-refractivity contribution in [1.82, 2.24) is 0 Å². The van der Waals surface area contributed by atoms with E-state index in [1.54, 1.807) is 0 Å². The van der Waals surface area contributed by atoms with Gasteiger partial charge in [0, 0.05) is 0 Å². The van der Waals surface area contributed by atoms with Gasteiger partial charge in [-0.1, -0.05) is 0 Å². The van der Waals surface area contributed by atoms with Crippen molar-refractivity contribution in [3.63, 3.8) is 0 Å². The van der Waals surface area contributed by atoms with Crippen LogP contribution >= 0.6 is 0 Å². The van der Waals surface area contributed by atoms with Crippen molar-refractivity contribution < 1.29 is 16.1 Å². The summed E-state index contributed by atoms with van der Waals surface area (Å²) in [5, 5.41) is 0. The molecule has 2 nitrogen and oxygen atoms in total. The fourth-order valence-electron chi connectivity index (χ4n) is 20.6. The molecule has 9 unspecified atom stereocenters. The molecule has 10 fully saturated rings. The zero-order valence-corrected chi connectivity index (χ0v) is 16.0. The summed E-state index contributed by atoms with van der Waals surface area (Å²) in [4.78, 5) is 32.6. The van der Waals surface area contributed by atoms with Crippen molar-refractivity contribution in [2.45, 2.75) is 86.2 Å². The Morgan fingerprint density at radius 2 is 1.45 bits per heavy atom. The third-order valence-corrected chi connectivity index (χ3v) is 63.0. The van der Waals surface area contributed by atoms with Crippen LogP contribution in [0, 0.1) is 0 Å². The standard InChI is InChI=1S/C11H17OSi.C7H7O.Fe/c1-9(12)11-6-5-10(7-11)8-13(2,3)4;1-6(8)7-4-2-3-5-7;/h5-7H,8H2,1-4H3;2-5H,1H3;. The number of ketones is 2. The molecule has 10 saturated heterocycles. The van der Waals surface area contributed by atoms with E-state index >= 15 is 0 Å². The zero-order chi connectivity index (χ0) is 15.2. The predicted molar refractivity (Wildman–Crippen MR) is 83.8 cm³/mol. The zero-order valence-electron chi connectivity index (χ0n) is 13.9. The van der Waals surface area contributed by atoms with Gasteiger partial charge >= 0.3 is 122 Å². The molecule has 0 saturated carbocycles. The first-order valence-corrected chi connectivity index (χ1v) is 19.0. The van der Waals surface area contributed by atoms with Crippen LogP contribution in [0.3, 0.4) is 0 Å². The number of carbonyl (C=O) groups excluding carboxylic acids is 2. The van der Waals surface area contributed by atoms with E-state index in [2.05, 4.69) is 19.6 Å². The molecule has 0 amide bonds. The van der Waals surface area contributed by atoms with E-state index in [-0.39, 0.29) is 8.63 Å². The van der Waals surface area contributed by atoms with Gasteiger partial charge in [0.15, 0.2) is 0 Å². The van der Waals surface area contributed by atoms with Gasteiger partial charge in [-0.25, -0.2) is 0 Å². The summed E-state index contributed by atoms with van der Waals surface area (Å²) in [6.45, 7) is 7.57. The van der Waals surface area contributed by atoms with E-state index in [1.807, 2.05) is 13.8 Å². The van der Waals surface area contributed by atoms with Crippen molar-refractivity contribution in [3.05, 3.63) is 0 Å². The molecule has 10 aliphatic heterocycles. The Kier molecular flexibility index (Phi) is 0.416. The molecule has 0 bridgehead atoms. The summed E-state index contributed by atoms with van der Waals surface area (Å²) in [7, 11) is -1.14. The number of carbonyl (C=O) groups is 2. The molecule has 0 aliphatic carbocycles. The van der Waals surface area contributed by atoms with Crippen molar-refractivity contribution in [2.24, 2.45) is 0 Å². The fraction of sp³-hybridized carbons (Fsp3) is 0.889. The van der Waals surface area contributed by atoms with Crippen LogP contribution in [0.15, 0.2) is 0 Å². The number of Topliss-reactive ketones (excluding diaryl/α,β-unsaturated/α-hetero) is 2. The molecule has 4 heteroatoms. The van der Waals surface area contributed by atoms with Crippen molar-refractivity contribution in [3.8, 4) is 0 Å².